The molecule has 0 fully saturated rings. The maximum Gasteiger partial charge on any atom is 0.338 e. The first-order valence-corrected chi connectivity index (χ1v) is 9.47. The van der Waals surface area contributed by atoms with E-state index in [-0.39, 0.29) is 22.6 Å². The Hall–Kier alpha value is -3.27. The first-order chi connectivity index (χ1) is 13.0. The molecule has 0 radical (unpaired) electrons. The van der Waals surface area contributed by atoms with Gasteiger partial charge in [-0.05, 0) is 38.1 Å². The van der Waals surface area contributed by atoms with Gasteiger partial charge in [0.2, 0.25) is 11.8 Å². The Morgan fingerprint density at radius 3 is 2.14 bits per heavy atom. The molecule has 1 heterocycles. The summed E-state index contributed by atoms with van der Waals surface area (Å²) in [5.41, 5.74) is 0.285. The quantitative estimate of drug-likeness (QED) is 0.523. The van der Waals surface area contributed by atoms with E-state index in [9.17, 15) is 28.2 Å². The Balaban J connectivity index is 2.07. The van der Waals surface area contributed by atoms with Crippen LogP contribution in [0.3, 0.4) is 0 Å². The molecular weight excluding hydrogens is 390 g/mol. The predicted octanol–water partition coefficient (Wildman–Crippen LogP) is 1.80. The topological polar surface area (TPSA) is 132 Å². The van der Waals surface area contributed by atoms with E-state index in [4.69, 9.17) is 9.47 Å². The molecule has 2 rings (SSSR count). The molecular formula is C18H19NO8S. The molecule has 0 aliphatic heterocycles. The minimum absolute atomic E-state index is 0.0679. The van der Waals surface area contributed by atoms with E-state index < -0.39 is 39.8 Å². The Bertz CT molecular complexity index is 985. The highest BCUT2D eigenvalue weighted by molar-refractivity contribution is 7.90. The van der Waals surface area contributed by atoms with Gasteiger partial charge < -0.3 is 19.7 Å². The van der Waals surface area contributed by atoms with Gasteiger partial charge in [0.15, 0.2) is 0 Å². The van der Waals surface area contributed by atoms with E-state index in [2.05, 4.69) is 6.58 Å². The van der Waals surface area contributed by atoms with Crippen molar-refractivity contribution in [1.82, 2.24) is 3.97 Å². The van der Waals surface area contributed by atoms with Gasteiger partial charge in [-0.15, -0.1) is 0 Å². The van der Waals surface area contributed by atoms with Crippen LogP contribution in [-0.4, -0.2) is 47.3 Å². The predicted molar refractivity (Wildman–Crippen MR) is 97.4 cm³/mol. The zero-order valence-corrected chi connectivity index (χ0v) is 16.0. The normalized spacial score (nSPS) is 12.2. The van der Waals surface area contributed by atoms with E-state index in [1.165, 1.54) is 19.1 Å². The molecule has 0 saturated heterocycles. The molecule has 0 aliphatic rings. The number of aromatic nitrogens is 1. The number of rotatable bonds is 7. The van der Waals surface area contributed by atoms with Crippen molar-refractivity contribution in [3.8, 4) is 11.8 Å². The number of nitrogens with zero attached hydrogens (tertiary/aromatic N) is 1. The van der Waals surface area contributed by atoms with Crippen molar-refractivity contribution in [2.24, 2.45) is 0 Å². The number of benzene rings is 1. The second-order valence-electron chi connectivity index (χ2n) is 5.94. The zero-order valence-electron chi connectivity index (χ0n) is 15.2. The monoisotopic (exact) mass is 409 g/mol. The van der Waals surface area contributed by atoms with Gasteiger partial charge in [0.1, 0.15) is 12.7 Å². The maximum atomic E-state index is 12.5. The average Bonchev–Trinajstić information content (AvgIpc) is 2.98. The summed E-state index contributed by atoms with van der Waals surface area (Å²) in [6, 6.07) is 6.76. The molecule has 1 aromatic heterocycles. The average molecular weight is 409 g/mol. The summed E-state index contributed by atoms with van der Waals surface area (Å²) in [4.78, 5) is 23.2. The van der Waals surface area contributed by atoms with Gasteiger partial charge in [0.25, 0.3) is 10.0 Å². The van der Waals surface area contributed by atoms with E-state index in [1.54, 1.807) is 6.92 Å². The Morgan fingerprint density at radius 1 is 1.11 bits per heavy atom. The van der Waals surface area contributed by atoms with Crippen molar-refractivity contribution in [2.75, 3.05) is 6.61 Å². The van der Waals surface area contributed by atoms with E-state index in [1.807, 2.05) is 0 Å². The lowest BCUT2D eigenvalue weighted by Gasteiger charge is -2.13. The number of hydrogen-bond donors (Lipinski definition) is 2. The zero-order chi connectivity index (χ0) is 21.1. The van der Waals surface area contributed by atoms with Crippen LogP contribution in [0.1, 0.15) is 24.2 Å². The number of aromatic hydroxyl groups is 2. The Labute approximate surface area is 161 Å². The highest BCUT2D eigenvalue weighted by atomic mass is 32.2. The Kier molecular flexibility index (Phi) is 6.14. The molecule has 1 unspecified atom stereocenters. The molecule has 9 nitrogen and oxygen atoms in total. The first kappa shape index (κ1) is 21.0. The molecule has 1 atom stereocenters. The number of hydrogen-bond acceptors (Lipinski definition) is 8. The third-order valence-corrected chi connectivity index (χ3v) is 5.25. The first-order valence-electron chi connectivity index (χ1n) is 8.03. The third-order valence-electron chi connectivity index (χ3n) is 3.53. The number of esters is 2. The lowest BCUT2D eigenvalue weighted by Crippen LogP contribution is -2.22. The molecule has 1 aromatic carbocycles. The van der Waals surface area contributed by atoms with Gasteiger partial charge in [-0.2, -0.15) is 3.97 Å². The van der Waals surface area contributed by atoms with E-state index >= 15 is 0 Å². The lowest BCUT2D eigenvalue weighted by atomic mass is 10.2. The maximum absolute atomic E-state index is 12.5. The summed E-state index contributed by atoms with van der Waals surface area (Å²) in [6.07, 6.45) is -0.688. The highest BCUT2D eigenvalue weighted by Crippen LogP contribution is 2.27. The second kappa shape index (κ2) is 8.17. The SMILES string of the molecule is C=C(C)C(=O)OC(C)COC(=O)c1ccc(S(=O)(=O)n2c(O)ccc2O)cc1. The third kappa shape index (κ3) is 4.52. The van der Waals surface area contributed by atoms with Gasteiger partial charge in [-0.1, -0.05) is 6.58 Å². The summed E-state index contributed by atoms with van der Waals surface area (Å²) in [6.45, 7) is 6.28. The fraction of sp³-hybridized carbons (Fsp3) is 0.222. The fourth-order valence-corrected chi connectivity index (χ4v) is 3.42. The smallest absolute Gasteiger partial charge is 0.338 e. The fourth-order valence-electron chi connectivity index (χ4n) is 2.11. The van der Waals surface area contributed by atoms with Crippen LogP contribution >= 0.6 is 0 Å². The van der Waals surface area contributed by atoms with Gasteiger partial charge in [0, 0.05) is 17.7 Å². The van der Waals surface area contributed by atoms with Crippen LogP contribution in [0.5, 0.6) is 11.8 Å². The molecule has 2 aromatic rings. The van der Waals surface area contributed by atoms with Crippen LogP contribution in [0.4, 0.5) is 0 Å². The van der Waals surface area contributed by atoms with Crippen LogP contribution in [0.25, 0.3) is 0 Å². The number of ether oxygens (including phenoxy) is 2. The van der Waals surface area contributed by atoms with Gasteiger partial charge >= 0.3 is 11.9 Å². The standard InChI is InChI=1S/C18H19NO8S/c1-11(2)17(22)27-12(3)10-26-18(23)13-4-6-14(7-5-13)28(24,25)19-15(20)8-9-16(19)21/h4-9,12,20-21H,1,10H2,2-3H3. The van der Waals surface area contributed by atoms with Crippen molar-refractivity contribution in [3.63, 3.8) is 0 Å². The largest absolute Gasteiger partial charge is 0.494 e. The molecule has 10 heteroatoms. The summed E-state index contributed by atoms with van der Waals surface area (Å²) < 4.78 is 35.3. The molecule has 0 saturated carbocycles. The van der Waals surface area contributed by atoms with Gasteiger partial charge in [-0.25, -0.2) is 18.0 Å². The van der Waals surface area contributed by atoms with Crippen molar-refractivity contribution >= 4 is 22.0 Å². The minimum atomic E-state index is -4.25. The summed E-state index contributed by atoms with van der Waals surface area (Å²) in [5, 5.41) is 19.2. The molecule has 150 valence electrons. The number of carbonyl (C=O) groups excluding carboxylic acids is 2. The summed E-state index contributed by atoms with van der Waals surface area (Å²) >= 11 is 0. The van der Waals surface area contributed by atoms with Crippen LogP contribution in [-0.2, 0) is 24.3 Å². The van der Waals surface area contributed by atoms with Gasteiger partial charge in [-0.3, -0.25) is 0 Å². The van der Waals surface area contributed by atoms with Crippen LogP contribution < -0.4 is 0 Å². The van der Waals surface area contributed by atoms with Crippen LogP contribution in [0.2, 0.25) is 0 Å². The number of carbonyl (C=O) groups is 2. The minimum Gasteiger partial charge on any atom is -0.494 e. The molecule has 0 bridgehead atoms. The second-order valence-corrected chi connectivity index (χ2v) is 7.72. The van der Waals surface area contributed by atoms with Crippen molar-refractivity contribution < 1.29 is 37.7 Å². The molecule has 2 N–H and O–H groups in total. The summed E-state index contributed by atoms with van der Waals surface area (Å²) in [5.74, 6) is -2.65. The van der Waals surface area contributed by atoms with Crippen molar-refractivity contribution in [2.45, 2.75) is 24.8 Å². The van der Waals surface area contributed by atoms with Gasteiger partial charge in [0.05, 0.1) is 10.5 Å². The molecule has 0 aliphatic carbocycles. The lowest BCUT2D eigenvalue weighted by molar-refractivity contribution is -0.145. The van der Waals surface area contributed by atoms with Crippen molar-refractivity contribution in [1.29, 1.82) is 0 Å². The van der Waals surface area contributed by atoms with E-state index in [0.29, 0.717) is 3.97 Å². The Morgan fingerprint density at radius 2 is 1.64 bits per heavy atom. The molecule has 28 heavy (non-hydrogen) atoms. The molecule has 0 spiro atoms. The van der Waals surface area contributed by atoms with E-state index in [0.717, 1.165) is 24.3 Å². The highest BCUT2D eigenvalue weighted by Gasteiger charge is 2.23. The van der Waals surface area contributed by atoms with Crippen molar-refractivity contribution in [3.05, 3.63) is 54.1 Å². The van der Waals surface area contributed by atoms with Crippen LogP contribution in [0.15, 0.2) is 53.4 Å². The summed E-state index contributed by atoms with van der Waals surface area (Å²) in [7, 11) is -4.25. The molecule has 0 amide bonds. The van der Waals surface area contributed by atoms with Crippen LogP contribution in [0, 0.1) is 0 Å².